The molecule has 0 atom stereocenters. The Hall–Kier alpha value is -1.64. The molecule has 0 saturated heterocycles. The Balaban J connectivity index is 1.73. The molecule has 24 heavy (non-hydrogen) atoms. The fraction of sp³-hybridized carbons (Fsp3) is 0.182. The van der Waals surface area contributed by atoms with E-state index < -0.39 is 0 Å². The minimum Gasteiger partial charge on any atom is -0.0877 e. The van der Waals surface area contributed by atoms with Crippen molar-refractivity contribution in [1.29, 1.82) is 0 Å². The summed E-state index contributed by atoms with van der Waals surface area (Å²) in [6, 6.07) is 20.5. The summed E-state index contributed by atoms with van der Waals surface area (Å²) in [7, 11) is 0. The van der Waals surface area contributed by atoms with Crippen LogP contribution in [0, 0.1) is 6.92 Å². The van der Waals surface area contributed by atoms with Gasteiger partial charge in [-0.3, -0.25) is 0 Å². The van der Waals surface area contributed by atoms with Crippen molar-refractivity contribution in [3.8, 4) is 11.1 Å². The highest BCUT2D eigenvalue weighted by Gasteiger charge is 2.36. The Labute approximate surface area is 151 Å². The van der Waals surface area contributed by atoms with Gasteiger partial charge in [-0.05, 0) is 53.4 Å². The number of rotatable bonds is 0. The summed E-state index contributed by atoms with van der Waals surface area (Å²) in [4.78, 5) is 5.53. The molecule has 2 heteroatoms. The molecule has 2 aliphatic rings. The maximum absolute atomic E-state index is 2.44. The molecule has 118 valence electrons. The van der Waals surface area contributed by atoms with E-state index in [2.05, 4.69) is 75.4 Å². The normalized spacial score (nSPS) is 16.1. The molecular weight excluding hydrogens is 328 g/mol. The highest BCUT2D eigenvalue weighted by molar-refractivity contribution is 8.05. The van der Waals surface area contributed by atoms with E-state index in [-0.39, 0.29) is 5.41 Å². The molecule has 1 heterocycles. The first-order valence-corrected chi connectivity index (χ1v) is 9.92. The molecule has 0 spiro atoms. The maximum Gasteiger partial charge on any atom is 0.0268 e. The van der Waals surface area contributed by atoms with Gasteiger partial charge >= 0.3 is 0 Å². The molecule has 1 aliphatic heterocycles. The van der Waals surface area contributed by atoms with Gasteiger partial charge in [-0.2, -0.15) is 0 Å². The van der Waals surface area contributed by atoms with E-state index in [1.165, 1.54) is 47.4 Å². The summed E-state index contributed by atoms with van der Waals surface area (Å²) in [5, 5.41) is 0. The third-order valence-corrected chi connectivity index (χ3v) is 7.71. The molecule has 1 aliphatic carbocycles. The molecule has 0 saturated carbocycles. The second kappa shape index (κ2) is 4.93. The van der Waals surface area contributed by atoms with E-state index in [1.807, 2.05) is 23.5 Å². The van der Waals surface area contributed by atoms with Crippen LogP contribution in [-0.2, 0) is 5.41 Å². The molecule has 0 aromatic heterocycles. The van der Waals surface area contributed by atoms with E-state index in [4.69, 9.17) is 0 Å². The number of hydrogen-bond donors (Lipinski definition) is 0. The summed E-state index contributed by atoms with van der Waals surface area (Å²) in [5.74, 6) is 0. The molecule has 0 nitrogen and oxygen atoms in total. The first-order chi connectivity index (χ1) is 11.5. The standard InChI is InChI=1S/C22H18S2/c1-13-8-9-14-15-11-20-21(12-17(15)22(2,3)16(14)10-13)24-19-7-5-4-6-18(19)23-20/h4-12H,1-3H3. The summed E-state index contributed by atoms with van der Waals surface area (Å²) in [6.07, 6.45) is 0. The lowest BCUT2D eigenvalue weighted by Crippen LogP contribution is -2.15. The number of benzene rings is 3. The molecular formula is C22H18S2. The topological polar surface area (TPSA) is 0 Å². The van der Waals surface area contributed by atoms with Gasteiger partial charge in [-0.15, -0.1) is 0 Å². The van der Waals surface area contributed by atoms with Crippen molar-refractivity contribution in [2.24, 2.45) is 0 Å². The molecule has 3 aromatic carbocycles. The Morgan fingerprint density at radius 3 is 2.00 bits per heavy atom. The monoisotopic (exact) mass is 346 g/mol. The highest BCUT2D eigenvalue weighted by Crippen LogP contribution is 2.55. The second-order valence-electron chi connectivity index (χ2n) is 7.17. The molecule has 0 unspecified atom stereocenters. The van der Waals surface area contributed by atoms with Crippen LogP contribution < -0.4 is 0 Å². The second-order valence-corrected chi connectivity index (χ2v) is 9.34. The predicted molar refractivity (Wildman–Crippen MR) is 103 cm³/mol. The fourth-order valence-corrected chi connectivity index (χ4v) is 6.15. The Morgan fingerprint density at radius 1 is 0.667 bits per heavy atom. The Morgan fingerprint density at radius 2 is 1.29 bits per heavy atom. The molecule has 0 amide bonds. The van der Waals surface area contributed by atoms with E-state index in [1.54, 1.807) is 0 Å². The lowest BCUT2D eigenvalue weighted by Gasteiger charge is -2.24. The zero-order chi connectivity index (χ0) is 16.5. The average molecular weight is 347 g/mol. The van der Waals surface area contributed by atoms with E-state index in [0.29, 0.717) is 0 Å². The van der Waals surface area contributed by atoms with Gasteiger partial charge in [0.05, 0.1) is 0 Å². The van der Waals surface area contributed by atoms with Gasteiger partial charge in [-0.25, -0.2) is 0 Å². The van der Waals surface area contributed by atoms with Gasteiger partial charge < -0.3 is 0 Å². The van der Waals surface area contributed by atoms with Crippen LogP contribution >= 0.6 is 23.5 Å². The van der Waals surface area contributed by atoms with Crippen molar-refractivity contribution in [1.82, 2.24) is 0 Å². The van der Waals surface area contributed by atoms with Gasteiger partial charge in [0.2, 0.25) is 0 Å². The quantitative estimate of drug-likeness (QED) is 0.339. The van der Waals surface area contributed by atoms with Crippen molar-refractivity contribution in [3.05, 3.63) is 71.3 Å². The van der Waals surface area contributed by atoms with Crippen LogP contribution in [0.5, 0.6) is 0 Å². The minimum absolute atomic E-state index is 0.0773. The third-order valence-electron chi connectivity index (χ3n) is 5.18. The zero-order valence-corrected chi connectivity index (χ0v) is 15.6. The number of hydrogen-bond acceptors (Lipinski definition) is 2. The highest BCUT2D eigenvalue weighted by atomic mass is 32.2. The summed E-state index contributed by atoms with van der Waals surface area (Å²) in [6.45, 7) is 6.91. The first kappa shape index (κ1) is 14.7. The van der Waals surface area contributed by atoms with Crippen molar-refractivity contribution >= 4 is 23.5 Å². The Bertz CT molecular complexity index is 999. The predicted octanol–water partition coefficient (Wildman–Crippen LogP) is 6.92. The van der Waals surface area contributed by atoms with Gasteiger partial charge in [-0.1, -0.05) is 73.3 Å². The smallest absolute Gasteiger partial charge is 0.0268 e. The van der Waals surface area contributed by atoms with Crippen LogP contribution in [0.1, 0.15) is 30.5 Å². The number of aryl methyl sites for hydroxylation is 1. The summed E-state index contributed by atoms with van der Waals surface area (Å²) < 4.78 is 0. The minimum atomic E-state index is 0.0773. The van der Waals surface area contributed by atoms with Crippen molar-refractivity contribution < 1.29 is 0 Å². The van der Waals surface area contributed by atoms with Crippen LogP contribution in [-0.4, -0.2) is 0 Å². The molecule has 3 aromatic rings. The SMILES string of the molecule is Cc1ccc2c(c1)C(C)(C)c1cc3c(cc1-2)Sc1ccccc1S3. The summed E-state index contributed by atoms with van der Waals surface area (Å²) >= 11 is 3.82. The third kappa shape index (κ3) is 1.96. The molecule has 0 fully saturated rings. The van der Waals surface area contributed by atoms with Crippen LogP contribution in [0.15, 0.2) is 74.2 Å². The largest absolute Gasteiger partial charge is 0.0877 e. The lowest BCUT2D eigenvalue weighted by atomic mass is 9.82. The van der Waals surface area contributed by atoms with E-state index in [0.717, 1.165) is 0 Å². The first-order valence-electron chi connectivity index (χ1n) is 8.29. The van der Waals surface area contributed by atoms with Gasteiger partial charge in [0.15, 0.2) is 0 Å². The van der Waals surface area contributed by atoms with Crippen LogP contribution in [0.2, 0.25) is 0 Å². The van der Waals surface area contributed by atoms with Crippen LogP contribution in [0.3, 0.4) is 0 Å². The van der Waals surface area contributed by atoms with Gasteiger partial charge in [0, 0.05) is 25.0 Å². The van der Waals surface area contributed by atoms with Crippen LogP contribution in [0.25, 0.3) is 11.1 Å². The number of fused-ring (bicyclic) bond motifs is 5. The van der Waals surface area contributed by atoms with Crippen molar-refractivity contribution in [2.75, 3.05) is 0 Å². The van der Waals surface area contributed by atoms with E-state index >= 15 is 0 Å². The molecule has 0 radical (unpaired) electrons. The van der Waals surface area contributed by atoms with Crippen molar-refractivity contribution in [3.63, 3.8) is 0 Å². The fourth-order valence-electron chi connectivity index (χ4n) is 3.87. The molecule has 5 rings (SSSR count). The average Bonchev–Trinajstić information content (AvgIpc) is 2.78. The van der Waals surface area contributed by atoms with E-state index in [9.17, 15) is 0 Å². The summed E-state index contributed by atoms with van der Waals surface area (Å²) in [5.41, 5.74) is 7.18. The maximum atomic E-state index is 2.44. The molecule has 0 N–H and O–H groups in total. The van der Waals surface area contributed by atoms with Gasteiger partial charge in [0.25, 0.3) is 0 Å². The Kier molecular flexibility index (Phi) is 3.02. The van der Waals surface area contributed by atoms with Gasteiger partial charge in [0.1, 0.15) is 0 Å². The zero-order valence-electron chi connectivity index (χ0n) is 14.0. The van der Waals surface area contributed by atoms with Crippen LogP contribution in [0.4, 0.5) is 0 Å². The molecule has 0 bridgehead atoms. The lowest BCUT2D eigenvalue weighted by molar-refractivity contribution is 0.657. The van der Waals surface area contributed by atoms with Crippen molar-refractivity contribution in [2.45, 2.75) is 45.8 Å².